The van der Waals surface area contributed by atoms with Crippen LogP contribution in [-0.2, 0) is 19.7 Å². The molecule has 10 heteroatoms. The van der Waals surface area contributed by atoms with Crippen molar-refractivity contribution >= 4 is 19.7 Å². The Morgan fingerprint density at radius 2 is 1.45 bits per heavy atom. The Morgan fingerprint density at radius 1 is 0.955 bits per heavy atom. The topological polar surface area (TPSA) is 121 Å². The average molecular weight is 354 g/mol. The number of hydrogen-bond donors (Lipinski definition) is 0. The van der Waals surface area contributed by atoms with E-state index in [9.17, 15) is 22.0 Å². The van der Waals surface area contributed by atoms with Crippen LogP contribution in [0.3, 0.4) is 0 Å². The number of rotatable bonds is 10. The maximum atomic E-state index is 12.2. The van der Waals surface area contributed by atoms with Gasteiger partial charge in [-0.25, -0.2) is 16.8 Å². The lowest BCUT2D eigenvalue weighted by atomic mass is 10.3. The minimum Gasteiger partial charge on any atom is -0.358 e. The Hall–Kier alpha value is -1.16. The van der Waals surface area contributed by atoms with Crippen LogP contribution >= 0.6 is 0 Å². The molecule has 22 heavy (non-hydrogen) atoms. The Morgan fingerprint density at radius 3 is 1.95 bits per heavy atom. The van der Waals surface area contributed by atoms with E-state index in [0.29, 0.717) is 25.7 Å². The number of aromatic nitrogens is 2. The van der Waals surface area contributed by atoms with E-state index < -0.39 is 29.7 Å². The van der Waals surface area contributed by atoms with E-state index in [-0.39, 0.29) is 16.4 Å². The van der Waals surface area contributed by atoms with E-state index in [2.05, 4.69) is 9.79 Å². The van der Waals surface area contributed by atoms with E-state index in [1.165, 1.54) is 0 Å². The fraction of sp³-hybridized carbons (Fsp3) is 0.833. The van der Waals surface area contributed by atoms with Gasteiger partial charge in [0.05, 0.1) is 16.7 Å². The van der Waals surface area contributed by atoms with Gasteiger partial charge in [-0.3, -0.25) is 4.63 Å². The van der Waals surface area contributed by atoms with E-state index >= 15 is 0 Å². The first-order valence-electron chi connectivity index (χ1n) is 7.31. The summed E-state index contributed by atoms with van der Waals surface area (Å²) in [5.41, 5.74) is 0. The van der Waals surface area contributed by atoms with Crippen LogP contribution in [-0.4, -0.2) is 33.5 Å². The van der Waals surface area contributed by atoms with Gasteiger partial charge in [-0.05, 0) is 17.7 Å². The first-order chi connectivity index (χ1) is 10.3. The van der Waals surface area contributed by atoms with Crippen LogP contribution < -0.4 is 4.90 Å². The van der Waals surface area contributed by atoms with Crippen LogP contribution in [0, 0.1) is 5.21 Å². The van der Waals surface area contributed by atoms with Gasteiger partial charge in [-0.2, -0.15) is 0 Å². The molecular weight excluding hydrogens is 332 g/mol. The lowest BCUT2D eigenvalue weighted by Gasteiger charge is -2.02. The van der Waals surface area contributed by atoms with Crippen molar-refractivity contribution < 1.29 is 26.4 Å². The average Bonchev–Trinajstić information content (AvgIpc) is 2.82. The summed E-state index contributed by atoms with van der Waals surface area (Å²) in [4.78, 5) is -0.325. The Kier molecular flexibility index (Phi) is 6.79. The van der Waals surface area contributed by atoms with Gasteiger partial charge in [0.1, 0.15) is 0 Å². The molecule has 0 saturated heterocycles. The minimum absolute atomic E-state index is 0.259. The van der Waals surface area contributed by atoms with Gasteiger partial charge in [0.2, 0.25) is 19.7 Å². The monoisotopic (exact) mass is 354 g/mol. The predicted octanol–water partition coefficient (Wildman–Crippen LogP) is 1.24. The van der Waals surface area contributed by atoms with Gasteiger partial charge in [0, 0.05) is 0 Å². The largest absolute Gasteiger partial charge is 0.358 e. The first-order valence-corrected chi connectivity index (χ1v) is 10.6. The van der Waals surface area contributed by atoms with Crippen molar-refractivity contribution in [2.45, 2.75) is 62.4 Å². The fourth-order valence-corrected chi connectivity index (χ4v) is 5.31. The lowest BCUT2D eigenvalue weighted by molar-refractivity contribution is -0.832. The molecule has 0 amide bonds. The highest BCUT2D eigenvalue weighted by molar-refractivity contribution is 7.94. The van der Waals surface area contributed by atoms with Crippen molar-refractivity contribution in [2.75, 3.05) is 11.5 Å². The summed E-state index contributed by atoms with van der Waals surface area (Å²) in [5, 5.41) is 13.1. The molecule has 1 heterocycles. The number of hydrogen-bond acceptors (Lipinski definition) is 7. The normalized spacial score (nSPS) is 12.6. The maximum Gasteiger partial charge on any atom is 0.350 e. The summed E-state index contributed by atoms with van der Waals surface area (Å²) < 4.78 is 53.0. The lowest BCUT2D eigenvalue weighted by Crippen LogP contribution is -2.33. The molecule has 0 saturated carbocycles. The molecule has 0 bridgehead atoms. The zero-order valence-electron chi connectivity index (χ0n) is 12.8. The highest BCUT2D eigenvalue weighted by atomic mass is 32.2. The predicted molar refractivity (Wildman–Crippen MR) is 78.6 cm³/mol. The molecule has 0 atom stereocenters. The van der Waals surface area contributed by atoms with Gasteiger partial charge in [0.25, 0.3) is 0 Å². The fourth-order valence-electron chi connectivity index (χ4n) is 1.94. The van der Waals surface area contributed by atoms with E-state index in [0.717, 1.165) is 12.8 Å². The van der Waals surface area contributed by atoms with Crippen molar-refractivity contribution in [3.05, 3.63) is 5.21 Å². The third-order valence-electron chi connectivity index (χ3n) is 3.17. The van der Waals surface area contributed by atoms with Crippen molar-refractivity contribution in [3.8, 4) is 0 Å². The van der Waals surface area contributed by atoms with Crippen LogP contribution in [0.4, 0.5) is 0 Å². The second kappa shape index (κ2) is 7.91. The first kappa shape index (κ1) is 18.9. The summed E-state index contributed by atoms with van der Waals surface area (Å²) in [6.07, 6.45) is 3.70. The SMILES string of the molecule is CCCCCS(=O)(=O)c1no[n+]([O-])c1S(=O)(=O)CCCCC. The van der Waals surface area contributed by atoms with Gasteiger partial charge in [-0.1, -0.05) is 39.5 Å². The Bertz CT molecular complexity index is 678. The van der Waals surface area contributed by atoms with Gasteiger partial charge >= 0.3 is 10.1 Å². The summed E-state index contributed by atoms with van der Waals surface area (Å²) in [6.45, 7) is 3.82. The van der Waals surface area contributed by atoms with Gasteiger partial charge in [-0.15, -0.1) is 0 Å². The van der Waals surface area contributed by atoms with E-state index in [1.54, 1.807) is 0 Å². The quantitative estimate of drug-likeness (QED) is 0.457. The minimum atomic E-state index is -4.05. The second-order valence-corrected chi connectivity index (χ2v) is 9.14. The molecule has 0 aliphatic rings. The summed E-state index contributed by atoms with van der Waals surface area (Å²) in [5.74, 6) is -0.563. The van der Waals surface area contributed by atoms with Crippen molar-refractivity contribution in [3.63, 3.8) is 0 Å². The highest BCUT2D eigenvalue weighted by Crippen LogP contribution is 2.20. The third-order valence-corrected chi connectivity index (χ3v) is 6.74. The smallest absolute Gasteiger partial charge is 0.350 e. The zero-order valence-corrected chi connectivity index (χ0v) is 14.5. The molecule has 0 aliphatic heterocycles. The molecule has 128 valence electrons. The number of nitrogens with zero attached hydrogens (tertiary/aromatic N) is 2. The van der Waals surface area contributed by atoms with Gasteiger partial charge in [0.15, 0.2) is 0 Å². The molecule has 0 unspecified atom stereocenters. The Labute approximate surface area is 130 Å². The summed E-state index contributed by atoms with van der Waals surface area (Å²) in [7, 11) is -8.01. The third kappa shape index (κ3) is 4.67. The van der Waals surface area contributed by atoms with Crippen molar-refractivity contribution in [1.29, 1.82) is 0 Å². The molecule has 8 nitrogen and oxygen atoms in total. The zero-order chi connectivity index (χ0) is 16.8. The molecule has 0 radical (unpaired) electrons. The number of sulfone groups is 2. The highest BCUT2D eigenvalue weighted by Gasteiger charge is 2.39. The molecule has 0 fully saturated rings. The van der Waals surface area contributed by atoms with Crippen LogP contribution in [0.2, 0.25) is 0 Å². The molecule has 1 rings (SSSR count). The number of unbranched alkanes of at least 4 members (excludes halogenated alkanes) is 4. The van der Waals surface area contributed by atoms with Crippen molar-refractivity contribution in [1.82, 2.24) is 5.16 Å². The molecule has 1 aromatic heterocycles. The molecular formula is C12H22N2O6S2. The summed E-state index contributed by atoms with van der Waals surface area (Å²) in [6, 6.07) is 0. The van der Waals surface area contributed by atoms with Crippen LogP contribution in [0.25, 0.3) is 0 Å². The Balaban J connectivity index is 3.10. The maximum absolute atomic E-state index is 12.2. The molecule has 0 spiro atoms. The molecule has 0 aromatic carbocycles. The molecule has 0 N–H and O–H groups in total. The van der Waals surface area contributed by atoms with Crippen molar-refractivity contribution in [2.24, 2.45) is 0 Å². The van der Waals surface area contributed by atoms with Crippen LogP contribution in [0.15, 0.2) is 14.7 Å². The van der Waals surface area contributed by atoms with Crippen LogP contribution in [0.1, 0.15) is 52.4 Å². The van der Waals surface area contributed by atoms with Crippen LogP contribution in [0.5, 0.6) is 0 Å². The molecule has 0 aliphatic carbocycles. The van der Waals surface area contributed by atoms with E-state index in [4.69, 9.17) is 0 Å². The molecule has 1 aromatic rings. The summed E-state index contributed by atoms with van der Waals surface area (Å²) >= 11 is 0. The standard InChI is InChI=1S/C12H22N2O6S2/c1-3-5-7-9-21(16,17)11-12(14(15)20-13-11)22(18,19)10-8-6-4-2/h3-10H2,1-2H3. The van der Waals surface area contributed by atoms with Gasteiger partial charge < -0.3 is 5.21 Å². The van der Waals surface area contributed by atoms with E-state index in [1.807, 2.05) is 13.8 Å². The second-order valence-electron chi connectivity index (χ2n) is 5.09.